The normalized spacial score (nSPS) is 10.5. The zero-order chi connectivity index (χ0) is 6.41. The van der Waals surface area contributed by atoms with Gasteiger partial charge in [0, 0.05) is 23.7 Å². The maximum absolute atomic E-state index is 5.47. The van der Waals surface area contributed by atoms with E-state index in [1.807, 2.05) is 0 Å². The lowest BCUT2D eigenvalue weighted by molar-refractivity contribution is 0.323. The molecule has 0 amide bonds. The van der Waals surface area contributed by atoms with Crippen LogP contribution in [0.4, 0.5) is 0 Å². The highest BCUT2D eigenvalue weighted by Gasteiger charge is 1.92. The van der Waals surface area contributed by atoms with Crippen LogP contribution >= 0.6 is 31.9 Å². The Hall–Kier alpha value is 0.880. The molecule has 0 rings (SSSR count). The minimum Gasteiger partial charge on any atom is -0.269 e. The Labute approximate surface area is 66.6 Å². The maximum Gasteiger partial charge on any atom is 0.0226 e. The molecule has 0 saturated heterocycles. The van der Waals surface area contributed by atoms with Crippen molar-refractivity contribution in [3.05, 3.63) is 0 Å². The van der Waals surface area contributed by atoms with E-state index in [0.29, 0.717) is 0 Å². The van der Waals surface area contributed by atoms with Crippen molar-refractivity contribution in [1.29, 1.82) is 0 Å². The van der Waals surface area contributed by atoms with Gasteiger partial charge in [0.25, 0.3) is 0 Å². The summed E-state index contributed by atoms with van der Waals surface area (Å²) in [6.07, 6.45) is 0. The molecule has 0 aromatic rings. The highest BCUT2D eigenvalue weighted by molar-refractivity contribution is 9.09. The van der Waals surface area contributed by atoms with Crippen LogP contribution in [0.25, 0.3) is 0 Å². The number of rotatable bonds is 4. The minimum atomic E-state index is 0.908. The summed E-state index contributed by atoms with van der Waals surface area (Å²) in [5.41, 5.74) is 0. The first-order valence-corrected chi connectivity index (χ1v) is 4.67. The summed E-state index contributed by atoms with van der Waals surface area (Å²) >= 11 is 6.57. The molecule has 0 aliphatic carbocycles. The lowest BCUT2D eigenvalue weighted by Gasteiger charge is -2.11. The number of hydrogen-bond acceptors (Lipinski definition) is 2. The number of alkyl halides is 2. The van der Waals surface area contributed by atoms with Crippen molar-refractivity contribution in [2.45, 2.75) is 0 Å². The number of hydrogen-bond donors (Lipinski definition) is 1. The second kappa shape index (κ2) is 6.01. The van der Waals surface area contributed by atoms with E-state index in [4.69, 9.17) is 5.84 Å². The van der Waals surface area contributed by atoms with Crippen LogP contribution < -0.4 is 5.84 Å². The molecule has 2 N–H and O–H groups in total. The van der Waals surface area contributed by atoms with Crippen molar-refractivity contribution in [1.82, 2.24) is 5.01 Å². The van der Waals surface area contributed by atoms with Crippen LogP contribution in [0.2, 0.25) is 0 Å². The molecule has 0 aliphatic heterocycles. The van der Waals surface area contributed by atoms with E-state index in [1.54, 1.807) is 5.01 Å². The highest BCUT2D eigenvalue weighted by atomic mass is 79.9. The standard InChI is InChI=1S/C4H10Br2N2/c5-1-3-8(7)4-2-6/h1-4,7H2. The van der Waals surface area contributed by atoms with E-state index in [9.17, 15) is 0 Å². The average molecular weight is 246 g/mol. The Kier molecular flexibility index (Phi) is 6.67. The molecule has 8 heavy (non-hydrogen) atoms. The summed E-state index contributed by atoms with van der Waals surface area (Å²) in [6, 6.07) is 0. The molecule has 0 bridgehead atoms. The zero-order valence-electron chi connectivity index (χ0n) is 4.61. The second-order valence-electron chi connectivity index (χ2n) is 1.41. The summed E-state index contributed by atoms with van der Waals surface area (Å²) in [5.74, 6) is 5.47. The van der Waals surface area contributed by atoms with Gasteiger partial charge in [0.2, 0.25) is 0 Å². The third-order valence-electron chi connectivity index (χ3n) is 0.743. The van der Waals surface area contributed by atoms with Crippen LogP contribution in [-0.4, -0.2) is 28.8 Å². The van der Waals surface area contributed by atoms with Gasteiger partial charge in [-0.25, -0.2) is 5.01 Å². The topological polar surface area (TPSA) is 29.3 Å². The molecule has 0 unspecified atom stereocenters. The van der Waals surface area contributed by atoms with Crippen LogP contribution in [0.5, 0.6) is 0 Å². The third-order valence-corrected chi connectivity index (χ3v) is 1.45. The summed E-state index contributed by atoms with van der Waals surface area (Å²) in [6.45, 7) is 1.82. The van der Waals surface area contributed by atoms with Crippen LogP contribution in [0.3, 0.4) is 0 Å². The van der Waals surface area contributed by atoms with Crippen molar-refractivity contribution in [2.24, 2.45) is 5.84 Å². The lowest BCUT2D eigenvalue weighted by Crippen LogP contribution is -2.34. The molecule has 0 fully saturated rings. The third kappa shape index (κ3) is 5.03. The van der Waals surface area contributed by atoms with Crippen LogP contribution in [-0.2, 0) is 0 Å². The van der Waals surface area contributed by atoms with E-state index in [0.717, 1.165) is 23.7 Å². The first-order valence-electron chi connectivity index (χ1n) is 2.43. The van der Waals surface area contributed by atoms with E-state index in [1.165, 1.54) is 0 Å². The van der Waals surface area contributed by atoms with Crippen LogP contribution in [0.1, 0.15) is 0 Å². The molecular weight excluding hydrogens is 236 g/mol. The fraction of sp³-hybridized carbons (Fsp3) is 1.00. The smallest absolute Gasteiger partial charge is 0.0226 e. The fourth-order valence-corrected chi connectivity index (χ4v) is 1.24. The Morgan fingerprint density at radius 2 is 1.50 bits per heavy atom. The average Bonchev–Trinajstić information content (AvgIpc) is 1.68. The molecule has 0 aromatic heterocycles. The summed E-state index contributed by atoms with van der Waals surface area (Å²) in [7, 11) is 0. The van der Waals surface area contributed by atoms with Gasteiger partial charge >= 0.3 is 0 Å². The monoisotopic (exact) mass is 244 g/mol. The molecule has 0 heterocycles. The van der Waals surface area contributed by atoms with Gasteiger partial charge in [0.05, 0.1) is 0 Å². The molecule has 4 heteroatoms. The van der Waals surface area contributed by atoms with Gasteiger partial charge in [-0.2, -0.15) is 0 Å². The van der Waals surface area contributed by atoms with E-state index in [2.05, 4.69) is 31.9 Å². The van der Waals surface area contributed by atoms with Gasteiger partial charge < -0.3 is 0 Å². The Morgan fingerprint density at radius 3 is 1.75 bits per heavy atom. The highest BCUT2D eigenvalue weighted by Crippen LogP contribution is 1.85. The Bertz CT molecular complexity index is 45.3. The molecule has 50 valence electrons. The molecule has 0 radical (unpaired) electrons. The number of halogens is 2. The molecule has 2 nitrogen and oxygen atoms in total. The quantitative estimate of drug-likeness (QED) is 0.454. The number of nitrogens with zero attached hydrogens (tertiary/aromatic N) is 1. The van der Waals surface area contributed by atoms with Crippen molar-refractivity contribution >= 4 is 31.9 Å². The summed E-state index contributed by atoms with van der Waals surface area (Å²) < 4.78 is 0. The van der Waals surface area contributed by atoms with Gasteiger partial charge in [-0.05, 0) is 0 Å². The first kappa shape index (κ1) is 8.88. The predicted molar refractivity (Wildman–Crippen MR) is 43.3 cm³/mol. The fourth-order valence-electron chi connectivity index (χ4n) is 0.329. The maximum atomic E-state index is 5.47. The lowest BCUT2D eigenvalue weighted by atomic mass is 10.6. The van der Waals surface area contributed by atoms with Gasteiger partial charge in [0.15, 0.2) is 0 Å². The van der Waals surface area contributed by atoms with Crippen molar-refractivity contribution in [3.63, 3.8) is 0 Å². The zero-order valence-corrected chi connectivity index (χ0v) is 7.78. The number of nitrogens with two attached hydrogens (primary N) is 1. The molecule has 0 aromatic carbocycles. The Balaban J connectivity index is 2.92. The number of hydrazine groups is 1. The van der Waals surface area contributed by atoms with Crippen LogP contribution in [0.15, 0.2) is 0 Å². The summed E-state index contributed by atoms with van der Waals surface area (Å²) in [5, 5.41) is 3.65. The molecule has 0 aliphatic rings. The largest absolute Gasteiger partial charge is 0.269 e. The van der Waals surface area contributed by atoms with Crippen LogP contribution in [0, 0.1) is 0 Å². The predicted octanol–water partition coefficient (Wildman–Crippen LogP) is 0.952. The van der Waals surface area contributed by atoms with Crippen molar-refractivity contribution < 1.29 is 0 Å². The van der Waals surface area contributed by atoms with E-state index < -0.39 is 0 Å². The van der Waals surface area contributed by atoms with Gasteiger partial charge in [-0.1, -0.05) is 31.9 Å². The van der Waals surface area contributed by atoms with Gasteiger partial charge in [-0.3, -0.25) is 5.84 Å². The van der Waals surface area contributed by atoms with Crippen molar-refractivity contribution in [3.8, 4) is 0 Å². The van der Waals surface area contributed by atoms with E-state index >= 15 is 0 Å². The first-order chi connectivity index (χ1) is 3.81. The molecule has 0 spiro atoms. The van der Waals surface area contributed by atoms with E-state index in [-0.39, 0.29) is 0 Å². The summed E-state index contributed by atoms with van der Waals surface area (Å²) in [4.78, 5) is 0. The SMILES string of the molecule is NN(CCBr)CCBr. The molecule has 0 atom stereocenters. The van der Waals surface area contributed by atoms with Gasteiger partial charge in [-0.15, -0.1) is 0 Å². The second-order valence-corrected chi connectivity index (χ2v) is 3.00. The Morgan fingerprint density at radius 1 is 1.12 bits per heavy atom. The molecular formula is C4H10Br2N2. The molecule has 0 saturated carbocycles. The van der Waals surface area contributed by atoms with Crippen molar-refractivity contribution in [2.75, 3.05) is 23.7 Å². The minimum absolute atomic E-state index is 0.908. The van der Waals surface area contributed by atoms with Gasteiger partial charge in [0.1, 0.15) is 0 Å².